The molecule has 0 bridgehead atoms. The average molecular weight is 361 g/mol. The Morgan fingerprint density at radius 1 is 1.13 bits per heavy atom. The molecular weight excluding hydrogens is 339 g/mol. The fourth-order valence-electron chi connectivity index (χ4n) is 2.54. The summed E-state index contributed by atoms with van der Waals surface area (Å²) in [5, 5.41) is 0.578. The first-order chi connectivity index (χ1) is 10.7. The number of benzene rings is 1. The molecule has 2 rings (SSSR count). The Kier molecular flexibility index (Phi) is 5.90. The molecule has 1 heterocycles. The predicted molar refractivity (Wildman–Crippen MR) is 88.7 cm³/mol. The maximum atomic E-state index is 13.3. The molecule has 0 radical (unpaired) electrons. The van der Waals surface area contributed by atoms with Gasteiger partial charge in [-0.1, -0.05) is 23.7 Å². The number of cyclic esters (lactones) is 1. The first-order valence-electron chi connectivity index (χ1n) is 7.62. The van der Waals surface area contributed by atoms with Crippen LogP contribution in [-0.2, 0) is 23.1 Å². The van der Waals surface area contributed by atoms with Crippen LogP contribution < -0.4 is 0 Å². The highest BCUT2D eigenvalue weighted by Gasteiger charge is 2.50. The summed E-state index contributed by atoms with van der Waals surface area (Å²) in [5.41, 5.74) is 0.0613. The second-order valence-electron chi connectivity index (χ2n) is 6.08. The topological polar surface area (TPSA) is 61.8 Å². The van der Waals surface area contributed by atoms with Crippen LogP contribution in [0.5, 0.6) is 0 Å². The van der Waals surface area contributed by atoms with Crippen LogP contribution >= 0.6 is 19.2 Å². The Morgan fingerprint density at radius 2 is 1.65 bits per heavy atom. The van der Waals surface area contributed by atoms with Crippen LogP contribution in [0.2, 0.25) is 5.02 Å². The first-order valence-corrected chi connectivity index (χ1v) is 9.61. The van der Waals surface area contributed by atoms with E-state index in [4.69, 9.17) is 25.4 Å². The van der Waals surface area contributed by atoms with Crippen LogP contribution in [-0.4, -0.2) is 23.8 Å². The Labute approximate surface area is 141 Å². The van der Waals surface area contributed by atoms with Crippen molar-refractivity contribution >= 4 is 25.2 Å². The molecule has 7 heteroatoms. The van der Waals surface area contributed by atoms with Gasteiger partial charge in [-0.3, -0.25) is 9.36 Å². The molecule has 0 aromatic heterocycles. The Morgan fingerprint density at radius 3 is 2.13 bits per heavy atom. The number of rotatable bonds is 6. The lowest BCUT2D eigenvalue weighted by Crippen LogP contribution is -2.21. The zero-order chi connectivity index (χ0) is 17.2. The zero-order valence-corrected chi connectivity index (χ0v) is 15.3. The molecule has 1 aromatic rings. The van der Waals surface area contributed by atoms with Crippen molar-refractivity contribution in [2.45, 2.75) is 58.1 Å². The lowest BCUT2D eigenvalue weighted by Gasteiger charge is -2.29. The van der Waals surface area contributed by atoms with Crippen molar-refractivity contribution in [2.24, 2.45) is 0 Å². The Hall–Kier alpha value is -0.870. The van der Waals surface area contributed by atoms with E-state index in [-0.39, 0.29) is 18.6 Å². The molecule has 0 aliphatic carbocycles. The van der Waals surface area contributed by atoms with Crippen molar-refractivity contribution < 1.29 is 23.1 Å². The summed E-state index contributed by atoms with van der Waals surface area (Å²) in [6.07, 6.45) is -1.24. The van der Waals surface area contributed by atoms with Crippen LogP contribution in [0.3, 0.4) is 0 Å². The number of hydrogen-bond donors (Lipinski definition) is 0. The van der Waals surface area contributed by atoms with Gasteiger partial charge in [0.1, 0.15) is 11.8 Å². The van der Waals surface area contributed by atoms with Gasteiger partial charge in [-0.05, 0) is 45.4 Å². The highest BCUT2D eigenvalue weighted by molar-refractivity contribution is 7.54. The largest absolute Gasteiger partial charge is 0.456 e. The van der Waals surface area contributed by atoms with Gasteiger partial charge in [-0.25, -0.2) is 0 Å². The number of hydrogen-bond acceptors (Lipinski definition) is 5. The molecule has 1 aliphatic rings. The van der Waals surface area contributed by atoms with E-state index >= 15 is 0 Å². The van der Waals surface area contributed by atoms with E-state index in [1.165, 1.54) is 0 Å². The third-order valence-corrected chi connectivity index (χ3v) is 6.25. The van der Waals surface area contributed by atoms with Gasteiger partial charge in [0.2, 0.25) is 0 Å². The quantitative estimate of drug-likeness (QED) is 0.541. The van der Waals surface area contributed by atoms with E-state index in [1.807, 2.05) is 0 Å². The second kappa shape index (κ2) is 7.35. The minimum absolute atomic E-state index is 0.00398. The van der Waals surface area contributed by atoms with E-state index in [0.717, 1.165) is 5.56 Å². The van der Waals surface area contributed by atoms with Crippen molar-refractivity contribution in [3.8, 4) is 0 Å². The van der Waals surface area contributed by atoms with Gasteiger partial charge in [0.05, 0.1) is 18.6 Å². The molecular formula is C16H22ClO5P. The minimum Gasteiger partial charge on any atom is -0.456 e. The van der Waals surface area contributed by atoms with E-state index in [0.29, 0.717) is 5.02 Å². The number of carbonyl (C=O) groups excluding carboxylic acids is 1. The molecule has 5 nitrogen and oxygen atoms in total. The van der Waals surface area contributed by atoms with Gasteiger partial charge < -0.3 is 13.8 Å². The molecule has 1 aliphatic heterocycles. The molecule has 0 saturated carbocycles. The van der Waals surface area contributed by atoms with E-state index < -0.39 is 25.3 Å². The van der Waals surface area contributed by atoms with Crippen molar-refractivity contribution in [3.05, 3.63) is 34.9 Å². The standard InChI is InChI=1S/C16H22ClO5P/c1-10(2)21-23(19,22-11(3)4)14-9-15(18)20-16(14)12-5-7-13(17)8-6-12/h5-8,10-11,14,16H,9H2,1-4H3/t14-,16+/m1/s1. The van der Waals surface area contributed by atoms with Gasteiger partial charge in [-0.2, -0.15) is 0 Å². The Bertz CT molecular complexity index is 585. The number of ether oxygens (including phenoxy) is 1. The smallest absolute Gasteiger partial charge is 0.338 e. The molecule has 0 amide bonds. The summed E-state index contributed by atoms with van der Waals surface area (Å²) >= 11 is 5.90. The summed E-state index contributed by atoms with van der Waals surface area (Å²) in [6.45, 7) is 7.13. The molecule has 0 unspecified atom stereocenters. The van der Waals surface area contributed by atoms with Gasteiger partial charge in [-0.15, -0.1) is 0 Å². The van der Waals surface area contributed by atoms with Gasteiger partial charge in [0, 0.05) is 5.02 Å². The van der Waals surface area contributed by atoms with Crippen molar-refractivity contribution in [1.82, 2.24) is 0 Å². The monoisotopic (exact) mass is 360 g/mol. The van der Waals surface area contributed by atoms with Crippen molar-refractivity contribution in [2.75, 3.05) is 0 Å². The fourth-order valence-corrected chi connectivity index (χ4v) is 5.14. The lowest BCUT2D eigenvalue weighted by molar-refractivity contribution is -0.141. The third-order valence-electron chi connectivity index (χ3n) is 3.30. The number of esters is 1. The van der Waals surface area contributed by atoms with Gasteiger partial charge in [0.15, 0.2) is 0 Å². The molecule has 0 N–H and O–H groups in total. The van der Waals surface area contributed by atoms with E-state index in [9.17, 15) is 9.36 Å². The average Bonchev–Trinajstić information content (AvgIpc) is 2.80. The maximum Gasteiger partial charge on any atom is 0.338 e. The SMILES string of the molecule is CC(C)OP(=O)(OC(C)C)[C@@H]1CC(=O)O[C@H]1c1ccc(Cl)cc1. The summed E-state index contributed by atoms with van der Waals surface area (Å²) in [7, 11) is -3.53. The zero-order valence-electron chi connectivity index (χ0n) is 13.7. The molecule has 1 aromatic carbocycles. The summed E-state index contributed by atoms with van der Waals surface area (Å²) in [4.78, 5) is 11.8. The van der Waals surface area contributed by atoms with Crippen molar-refractivity contribution in [3.63, 3.8) is 0 Å². The highest BCUT2D eigenvalue weighted by atomic mass is 35.5. The second-order valence-corrected chi connectivity index (χ2v) is 8.68. The molecule has 128 valence electrons. The number of carbonyl (C=O) groups is 1. The van der Waals surface area contributed by atoms with Crippen LogP contribution in [0.15, 0.2) is 24.3 Å². The van der Waals surface area contributed by atoms with Gasteiger partial charge >= 0.3 is 13.6 Å². The summed E-state index contributed by atoms with van der Waals surface area (Å²) in [6, 6.07) is 6.93. The van der Waals surface area contributed by atoms with E-state index in [2.05, 4.69) is 0 Å². The summed E-state index contributed by atoms with van der Waals surface area (Å²) < 4.78 is 30.0. The molecule has 23 heavy (non-hydrogen) atoms. The Balaban J connectivity index is 2.36. The molecule has 1 saturated heterocycles. The first kappa shape index (κ1) is 18.5. The maximum absolute atomic E-state index is 13.3. The van der Waals surface area contributed by atoms with Crippen LogP contribution in [0.4, 0.5) is 0 Å². The lowest BCUT2D eigenvalue weighted by atomic mass is 10.1. The molecule has 2 atom stereocenters. The molecule has 1 fully saturated rings. The van der Waals surface area contributed by atoms with Crippen molar-refractivity contribution in [1.29, 1.82) is 0 Å². The van der Waals surface area contributed by atoms with Crippen LogP contribution in [0.25, 0.3) is 0 Å². The van der Waals surface area contributed by atoms with E-state index in [1.54, 1.807) is 52.0 Å². The third kappa shape index (κ3) is 4.57. The summed E-state index contributed by atoms with van der Waals surface area (Å²) in [5.74, 6) is -0.408. The van der Waals surface area contributed by atoms with Gasteiger partial charge in [0.25, 0.3) is 0 Å². The van der Waals surface area contributed by atoms with Crippen LogP contribution in [0.1, 0.15) is 45.8 Å². The minimum atomic E-state index is -3.53. The molecule has 0 spiro atoms. The number of halogens is 1. The highest BCUT2D eigenvalue weighted by Crippen LogP contribution is 2.62. The normalized spacial score (nSPS) is 22.0. The predicted octanol–water partition coefficient (Wildman–Crippen LogP) is 4.74. The fraction of sp³-hybridized carbons (Fsp3) is 0.562. The van der Waals surface area contributed by atoms with Crippen LogP contribution in [0, 0.1) is 0 Å².